The van der Waals surface area contributed by atoms with Crippen molar-refractivity contribution in [3.05, 3.63) is 59.9 Å². The molecule has 0 atom stereocenters. The molecule has 0 spiro atoms. The van der Waals surface area contributed by atoms with E-state index in [4.69, 9.17) is 0 Å². The van der Waals surface area contributed by atoms with Gasteiger partial charge in [-0.3, -0.25) is 9.78 Å². The summed E-state index contributed by atoms with van der Waals surface area (Å²) in [5.41, 5.74) is 1.24. The maximum absolute atomic E-state index is 13.2. The smallest absolute Gasteiger partial charge is 0.254 e. The lowest BCUT2D eigenvalue weighted by atomic mass is 10.1. The maximum Gasteiger partial charge on any atom is 0.254 e. The van der Waals surface area contributed by atoms with Gasteiger partial charge in [-0.25, -0.2) is 8.78 Å². The molecule has 2 heterocycles. The van der Waals surface area contributed by atoms with Crippen molar-refractivity contribution in [2.75, 3.05) is 31.1 Å². The molecule has 0 unspecified atom stereocenters. The third kappa shape index (κ3) is 2.90. The second-order valence-corrected chi connectivity index (χ2v) is 5.11. The average Bonchev–Trinajstić information content (AvgIpc) is 2.58. The fraction of sp³-hybridized carbons (Fsp3) is 0.250. The van der Waals surface area contributed by atoms with Crippen molar-refractivity contribution in [3.8, 4) is 0 Å². The minimum Gasteiger partial charge on any atom is -0.368 e. The van der Waals surface area contributed by atoms with Crippen LogP contribution in [0.5, 0.6) is 0 Å². The van der Waals surface area contributed by atoms with Crippen LogP contribution in [0.15, 0.2) is 42.7 Å². The predicted molar refractivity (Wildman–Crippen MR) is 78.7 cm³/mol. The van der Waals surface area contributed by atoms with Gasteiger partial charge in [-0.05, 0) is 30.3 Å². The van der Waals surface area contributed by atoms with Crippen LogP contribution in [0.4, 0.5) is 14.5 Å². The molecule has 1 fully saturated rings. The number of hydrogen-bond acceptors (Lipinski definition) is 3. The van der Waals surface area contributed by atoms with E-state index in [1.807, 2.05) is 12.1 Å². The quantitative estimate of drug-likeness (QED) is 0.854. The van der Waals surface area contributed by atoms with Crippen molar-refractivity contribution in [1.29, 1.82) is 0 Å². The van der Waals surface area contributed by atoms with E-state index in [1.54, 1.807) is 17.3 Å². The number of rotatable bonds is 2. The number of carbonyl (C=O) groups is 1. The zero-order valence-electron chi connectivity index (χ0n) is 11.9. The van der Waals surface area contributed by atoms with Crippen molar-refractivity contribution in [3.63, 3.8) is 0 Å². The van der Waals surface area contributed by atoms with Gasteiger partial charge in [-0.15, -0.1) is 0 Å². The molecule has 4 nitrogen and oxygen atoms in total. The summed E-state index contributed by atoms with van der Waals surface area (Å²) < 4.78 is 26.2. The minimum atomic E-state index is -0.999. The molecule has 0 bridgehead atoms. The number of nitrogens with zero attached hydrogens (tertiary/aromatic N) is 3. The summed E-state index contributed by atoms with van der Waals surface area (Å²) in [6.45, 7) is 2.47. The van der Waals surface area contributed by atoms with E-state index in [1.165, 1.54) is 6.07 Å². The molecule has 2 aromatic rings. The number of aromatic nitrogens is 1. The summed E-state index contributed by atoms with van der Waals surface area (Å²) in [5, 5.41) is 0. The van der Waals surface area contributed by atoms with Crippen molar-refractivity contribution in [1.82, 2.24) is 9.88 Å². The number of carbonyl (C=O) groups excluding carboxylic acids is 1. The zero-order chi connectivity index (χ0) is 15.5. The second-order valence-electron chi connectivity index (χ2n) is 5.11. The van der Waals surface area contributed by atoms with Crippen LogP contribution < -0.4 is 4.90 Å². The third-order valence-corrected chi connectivity index (χ3v) is 3.76. The van der Waals surface area contributed by atoms with Crippen LogP contribution in [-0.2, 0) is 0 Å². The highest BCUT2D eigenvalue weighted by Gasteiger charge is 2.23. The first-order valence-corrected chi connectivity index (χ1v) is 7.04. The molecule has 0 saturated carbocycles. The number of anilines is 1. The van der Waals surface area contributed by atoms with Gasteiger partial charge in [0, 0.05) is 49.8 Å². The maximum atomic E-state index is 13.2. The largest absolute Gasteiger partial charge is 0.368 e. The molecule has 1 saturated heterocycles. The Hall–Kier alpha value is -2.50. The molecular formula is C16H15F2N3O. The Kier molecular flexibility index (Phi) is 4.00. The van der Waals surface area contributed by atoms with Crippen LogP contribution in [-0.4, -0.2) is 42.0 Å². The molecule has 1 aromatic carbocycles. The van der Waals surface area contributed by atoms with Gasteiger partial charge in [-0.1, -0.05) is 0 Å². The van der Waals surface area contributed by atoms with E-state index >= 15 is 0 Å². The summed E-state index contributed by atoms with van der Waals surface area (Å²) in [4.78, 5) is 20.1. The summed E-state index contributed by atoms with van der Waals surface area (Å²) in [5.74, 6) is -2.21. The number of pyridine rings is 1. The Morgan fingerprint density at radius 3 is 2.27 bits per heavy atom. The van der Waals surface area contributed by atoms with E-state index in [2.05, 4.69) is 9.88 Å². The lowest BCUT2D eigenvalue weighted by Crippen LogP contribution is -2.48. The van der Waals surface area contributed by atoms with Crippen molar-refractivity contribution < 1.29 is 13.6 Å². The summed E-state index contributed by atoms with van der Waals surface area (Å²) in [6, 6.07) is 7.10. The van der Waals surface area contributed by atoms with E-state index in [9.17, 15) is 13.6 Å². The normalized spacial score (nSPS) is 15.0. The zero-order valence-corrected chi connectivity index (χ0v) is 11.9. The second kappa shape index (κ2) is 6.09. The molecule has 0 radical (unpaired) electrons. The minimum absolute atomic E-state index is 0.177. The number of halogens is 2. The monoisotopic (exact) mass is 303 g/mol. The average molecular weight is 303 g/mol. The highest BCUT2D eigenvalue weighted by Crippen LogP contribution is 2.17. The molecule has 22 heavy (non-hydrogen) atoms. The predicted octanol–water partition coefficient (Wildman–Crippen LogP) is 2.32. The molecule has 0 N–H and O–H groups in total. The number of amides is 1. The molecule has 114 valence electrons. The summed E-state index contributed by atoms with van der Waals surface area (Å²) in [6.07, 6.45) is 3.46. The van der Waals surface area contributed by atoms with Crippen LogP contribution >= 0.6 is 0 Å². The van der Waals surface area contributed by atoms with Crippen molar-refractivity contribution >= 4 is 11.6 Å². The fourth-order valence-electron chi connectivity index (χ4n) is 2.53. The van der Waals surface area contributed by atoms with Crippen LogP contribution in [0.1, 0.15) is 10.4 Å². The van der Waals surface area contributed by atoms with Gasteiger partial charge < -0.3 is 9.80 Å². The molecule has 1 aliphatic heterocycles. The lowest BCUT2D eigenvalue weighted by molar-refractivity contribution is 0.0746. The third-order valence-electron chi connectivity index (χ3n) is 3.76. The lowest BCUT2D eigenvalue weighted by Gasteiger charge is -2.36. The molecule has 1 amide bonds. The van der Waals surface area contributed by atoms with Gasteiger partial charge in [0.2, 0.25) is 0 Å². The van der Waals surface area contributed by atoms with Crippen LogP contribution in [0.2, 0.25) is 0 Å². The summed E-state index contributed by atoms with van der Waals surface area (Å²) >= 11 is 0. The Morgan fingerprint density at radius 2 is 1.64 bits per heavy atom. The standard InChI is InChI=1S/C16H15F2N3O/c17-14-2-1-12(11-15(14)18)16(22)21-9-7-20(8-10-21)13-3-5-19-6-4-13/h1-6,11H,7-10H2. The van der Waals surface area contributed by atoms with E-state index in [-0.39, 0.29) is 11.5 Å². The first-order valence-electron chi connectivity index (χ1n) is 7.04. The topological polar surface area (TPSA) is 36.4 Å². The molecule has 1 aromatic heterocycles. The SMILES string of the molecule is O=C(c1ccc(F)c(F)c1)N1CCN(c2ccncc2)CC1. The molecule has 3 rings (SSSR count). The Balaban J connectivity index is 1.66. The Morgan fingerprint density at radius 1 is 0.955 bits per heavy atom. The van der Waals surface area contributed by atoms with Gasteiger partial charge in [0.25, 0.3) is 5.91 Å². The molecular weight excluding hydrogens is 288 g/mol. The van der Waals surface area contributed by atoms with E-state index in [0.717, 1.165) is 17.8 Å². The number of benzene rings is 1. The van der Waals surface area contributed by atoms with Crippen LogP contribution in [0.3, 0.4) is 0 Å². The molecule has 1 aliphatic rings. The highest BCUT2D eigenvalue weighted by molar-refractivity contribution is 5.94. The van der Waals surface area contributed by atoms with Crippen molar-refractivity contribution in [2.24, 2.45) is 0 Å². The van der Waals surface area contributed by atoms with E-state index < -0.39 is 11.6 Å². The van der Waals surface area contributed by atoms with Gasteiger partial charge >= 0.3 is 0 Å². The van der Waals surface area contributed by atoms with Gasteiger partial charge in [0.05, 0.1) is 0 Å². The van der Waals surface area contributed by atoms with Gasteiger partial charge in [0.15, 0.2) is 11.6 Å². The van der Waals surface area contributed by atoms with Gasteiger partial charge in [-0.2, -0.15) is 0 Å². The highest BCUT2D eigenvalue weighted by atomic mass is 19.2. The fourth-order valence-corrected chi connectivity index (χ4v) is 2.53. The molecule has 0 aliphatic carbocycles. The first-order chi connectivity index (χ1) is 10.6. The van der Waals surface area contributed by atoms with Gasteiger partial charge in [0.1, 0.15) is 0 Å². The first kappa shape index (κ1) is 14.4. The number of hydrogen-bond donors (Lipinski definition) is 0. The number of piperazine rings is 1. The van der Waals surface area contributed by atoms with Crippen LogP contribution in [0, 0.1) is 11.6 Å². The summed E-state index contributed by atoms with van der Waals surface area (Å²) in [7, 11) is 0. The Bertz CT molecular complexity index is 670. The van der Waals surface area contributed by atoms with Crippen LogP contribution in [0.25, 0.3) is 0 Å². The Labute approximate surface area is 127 Å². The molecule has 6 heteroatoms. The van der Waals surface area contributed by atoms with Crippen molar-refractivity contribution in [2.45, 2.75) is 0 Å². The van der Waals surface area contributed by atoms with E-state index in [0.29, 0.717) is 26.2 Å².